The molecule has 1 aromatic carbocycles. The SMILES string of the molecule is [B][C@H]1C[C@@H](OP(OCc2ccc(OC(=O)/C(C=C)=C/C=C\C)cc2)N2CCCC2)C(C)O1. The maximum Gasteiger partial charge on any atom is 0.343 e. The molecule has 6 nitrogen and oxygen atoms in total. The molecule has 170 valence electrons. The summed E-state index contributed by atoms with van der Waals surface area (Å²) in [4.78, 5) is 12.3. The summed E-state index contributed by atoms with van der Waals surface area (Å²) in [5.74, 6) is 0.0233. The maximum absolute atomic E-state index is 12.3. The maximum atomic E-state index is 12.3. The molecular formula is C24H31BNO5P. The van der Waals surface area contributed by atoms with Crippen molar-refractivity contribution >= 4 is 22.3 Å². The van der Waals surface area contributed by atoms with Gasteiger partial charge >= 0.3 is 5.97 Å². The highest BCUT2D eigenvalue weighted by atomic mass is 31.2. The molecule has 3 rings (SSSR count). The molecule has 0 amide bonds. The van der Waals surface area contributed by atoms with Crippen LogP contribution in [-0.4, -0.2) is 49.8 Å². The molecule has 2 radical (unpaired) electrons. The van der Waals surface area contributed by atoms with Gasteiger partial charge in [-0.3, -0.25) is 0 Å². The minimum Gasteiger partial charge on any atom is -0.423 e. The summed E-state index contributed by atoms with van der Waals surface area (Å²) >= 11 is 0. The van der Waals surface area contributed by atoms with Gasteiger partial charge in [0.05, 0.1) is 24.4 Å². The Bertz CT molecular complexity index is 822. The summed E-state index contributed by atoms with van der Waals surface area (Å²) in [6.07, 6.45) is 9.62. The third-order valence-corrected chi connectivity index (χ3v) is 6.98. The van der Waals surface area contributed by atoms with Crippen molar-refractivity contribution in [3.8, 4) is 5.75 Å². The van der Waals surface area contributed by atoms with Crippen molar-refractivity contribution in [3.05, 3.63) is 66.3 Å². The largest absolute Gasteiger partial charge is 0.423 e. The van der Waals surface area contributed by atoms with Gasteiger partial charge in [-0.25, -0.2) is 9.46 Å². The van der Waals surface area contributed by atoms with E-state index in [2.05, 4.69) is 11.2 Å². The van der Waals surface area contributed by atoms with E-state index in [1.807, 2.05) is 32.1 Å². The Morgan fingerprint density at radius 3 is 2.62 bits per heavy atom. The van der Waals surface area contributed by atoms with E-state index in [1.54, 1.807) is 24.3 Å². The Kier molecular flexibility index (Phi) is 9.70. The van der Waals surface area contributed by atoms with E-state index < -0.39 is 14.5 Å². The molecule has 0 aliphatic carbocycles. The van der Waals surface area contributed by atoms with Gasteiger partial charge in [-0.15, -0.1) is 0 Å². The number of allylic oxidation sites excluding steroid dienone is 3. The average Bonchev–Trinajstić information content (AvgIpc) is 3.42. The summed E-state index contributed by atoms with van der Waals surface area (Å²) in [7, 11) is 4.72. The lowest BCUT2D eigenvalue weighted by molar-refractivity contribution is -0.129. The first-order chi connectivity index (χ1) is 15.5. The van der Waals surface area contributed by atoms with E-state index in [1.165, 1.54) is 6.08 Å². The van der Waals surface area contributed by atoms with Crippen LogP contribution in [0.2, 0.25) is 0 Å². The Morgan fingerprint density at radius 2 is 2.03 bits per heavy atom. The highest BCUT2D eigenvalue weighted by Gasteiger charge is 2.35. The Morgan fingerprint density at radius 1 is 1.31 bits per heavy atom. The number of esters is 1. The van der Waals surface area contributed by atoms with E-state index in [0.717, 1.165) is 31.5 Å². The molecule has 2 heterocycles. The molecule has 2 aliphatic heterocycles. The van der Waals surface area contributed by atoms with Crippen molar-refractivity contribution in [3.63, 3.8) is 0 Å². The number of hydrogen-bond acceptors (Lipinski definition) is 6. The van der Waals surface area contributed by atoms with Crippen LogP contribution in [0.5, 0.6) is 5.75 Å². The zero-order valence-corrected chi connectivity index (χ0v) is 19.7. The molecule has 2 saturated heterocycles. The van der Waals surface area contributed by atoms with Gasteiger partial charge in [0.15, 0.2) is 0 Å². The molecule has 4 atom stereocenters. The zero-order valence-electron chi connectivity index (χ0n) is 18.8. The monoisotopic (exact) mass is 455 g/mol. The minimum absolute atomic E-state index is 0.0440. The van der Waals surface area contributed by atoms with Crippen LogP contribution in [0.15, 0.2) is 60.7 Å². The van der Waals surface area contributed by atoms with Gasteiger partial charge in [-0.05, 0) is 56.9 Å². The molecule has 0 N–H and O–H groups in total. The predicted molar refractivity (Wildman–Crippen MR) is 127 cm³/mol. The molecule has 0 bridgehead atoms. The van der Waals surface area contributed by atoms with Crippen LogP contribution in [0.4, 0.5) is 0 Å². The Labute approximate surface area is 193 Å². The van der Waals surface area contributed by atoms with E-state index >= 15 is 0 Å². The molecule has 1 aromatic rings. The van der Waals surface area contributed by atoms with Crippen LogP contribution in [0.25, 0.3) is 0 Å². The van der Waals surface area contributed by atoms with Crippen molar-refractivity contribution in [2.24, 2.45) is 0 Å². The number of carbonyl (C=O) groups excluding carboxylic acids is 1. The van der Waals surface area contributed by atoms with Gasteiger partial charge in [-0.1, -0.05) is 36.9 Å². The summed E-state index contributed by atoms with van der Waals surface area (Å²) in [5.41, 5.74) is 1.37. The van der Waals surface area contributed by atoms with Crippen molar-refractivity contribution in [1.29, 1.82) is 0 Å². The van der Waals surface area contributed by atoms with Gasteiger partial charge < -0.3 is 18.5 Å². The predicted octanol–water partition coefficient (Wildman–Crippen LogP) is 4.81. The number of rotatable bonds is 10. The highest BCUT2D eigenvalue weighted by Crippen LogP contribution is 2.48. The van der Waals surface area contributed by atoms with E-state index in [9.17, 15) is 4.79 Å². The standard InChI is InChI=1S/C24H31BNO5P/c1-4-6-9-20(5-2)24(27)30-21-12-10-19(11-13-21)17-28-32(26-14-7-8-15-26)31-22-16-23(25)29-18(22)3/h4-6,9-13,18,22-23H,2,7-8,14-17H2,1,3H3/b6-4-,20-9+/t18?,22-,23-,32?/m1/s1. The second-order valence-electron chi connectivity index (χ2n) is 7.82. The van der Waals surface area contributed by atoms with Gasteiger partial charge in [-0.2, -0.15) is 0 Å². The number of carbonyl (C=O) groups is 1. The summed E-state index contributed by atoms with van der Waals surface area (Å²) in [5, 5.41) is 0. The van der Waals surface area contributed by atoms with Crippen molar-refractivity contribution < 1.29 is 23.3 Å². The number of hydrogen-bond donors (Lipinski definition) is 0. The fraction of sp³-hybridized carbons (Fsp3) is 0.458. The first-order valence-corrected chi connectivity index (χ1v) is 12.2. The second kappa shape index (κ2) is 12.5. The molecule has 0 spiro atoms. The Balaban J connectivity index is 1.57. The van der Waals surface area contributed by atoms with E-state index in [-0.39, 0.29) is 18.2 Å². The first-order valence-electron chi connectivity index (χ1n) is 11.0. The lowest BCUT2D eigenvalue weighted by Gasteiger charge is -2.29. The lowest BCUT2D eigenvalue weighted by Crippen LogP contribution is -2.24. The third-order valence-electron chi connectivity index (χ3n) is 5.32. The molecule has 2 aliphatic rings. The fourth-order valence-electron chi connectivity index (χ4n) is 3.50. The summed E-state index contributed by atoms with van der Waals surface area (Å²) in [6, 6.07) is 7.02. The van der Waals surface area contributed by atoms with Gasteiger partial charge in [0.2, 0.25) is 0 Å². The van der Waals surface area contributed by atoms with Crippen LogP contribution >= 0.6 is 8.53 Å². The van der Waals surface area contributed by atoms with E-state index in [0.29, 0.717) is 24.4 Å². The minimum atomic E-state index is -1.19. The van der Waals surface area contributed by atoms with Crippen LogP contribution in [0.1, 0.15) is 38.7 Å². The van der Waals surface area contributed by atoms with Crippen LogP contribution in [-0.2, 0) is 25.2 Å². The molecule has 2 fully saturated rings. The first kappa shape index (κ1) is 24.9. The topological polar surface area (TPSA) is 57.2 Å². The van der Waals surface area contributed by atoms with Gasteiger partial charge in [0.1, 0.15) is 13.6 Å². The quantitative estimate of drug-likeness (QED) is 0.126. The smallest absolute Gasteiger partial charge is 0.343 e. The molecule has 8 heteroatoms. The lowest BCUT2D eigenvalue weighted by atomic mass is 9.96. The molecular weight excluding hydrogens is 424 g/mol. The van der Waals surface area contributed by atoms with Gasteiger partial charge in [0, 0.05) is 19.1 Å². The molecule has 0 aromatic heterocycles. The third kappa shape index (κ3) is 7.13. The van der Waals surface area contributed by atoms with Crippen molar-refractivity contribution in [2.75, 3.05) is 13.1 Å². The van der Waals surface area contributed by atoms with Crippen molar-refractivity contribution in [1.82, 2.24) is 4.67 Å². The van der Waals surface area contributed by atoms with Gasteiger partial charge in [0.25, 0.3) is 8.53 Å². The number of ether oxygens (including phenoxy) is 2. The Hall–Kier alpha value is -1.76. The average molecular weight is 455 g/mol. The van der Waals surface area contributed by atoms with E-state index in [4.69, 9.17) is 26.4 Å². The molecule has 0 saturated carbocycles. The normalized spacial score (nSPS) is 25.3. The van der Waals surface area contributed by atoms with Crippen LogP contribution < -0.4 is 4.74 Å². The number of benzene rings is 1. The summed E-state index contributed by atoms with van der Waals surface area (Å²) < 4.78 is 25.9. The fourth-order valence-corrected chi connectivity index (χ4v) is 5.21. The van der Waals surface area contributed by atoms with Crippen LogP contribution in [0, 0.1) is 0 Å². The second-order valence-corrected chi connectivity index (χ2v) is 9.33. The van der Waals surface area contributed by atoms with Crippen molar-refractivity contribution in [2.45, 2.75) is 57.9 Å². The summed E-state index contributed by atoms with van der Waals surface area (Å²) in [6.45, 7) is 9.88. The molecule has 2 unspecified atom stereocenters. The molecule has 32 heavy (non-hydrogen) atoms. The number of nitrogens with zero attached hydrogens (tertiary/aromatic N) is 1. The highest BCUT2D eigenvalue weighted by molar-refractivity contribution is 7.44. The van der Waals surface area contributed by atoms with Crippen LogP contribution in [0.3, 0.4) is 0 Å². The zero-order chi connectivity index (χ0) is 22.9.